The molecule has 0 spiro atoms. The van der Waals surface area contributed by atoms with Crippen LogP contribution in [-0.4, -0.2) is 31.1 Å². The molecule has 2 N–H and O–H groups in total. The zero-order valence-electron chi connectivity index (χ0n) is 13.3. The third-order valence-corrected chi connectivity index (χ3v) is 4.08. The zero-order valence-corrected chi connectivity index (χ0v) is 13.3. The highest BCUT2D eigenvalue weighted by atomic mass is 16.2. The fourth-order valence-corrected chi connectivity index (χ4v) is 2.81. The predicted molar refractivity (Wildman–Crippen MR) is 93.9 cm³/mol. The second kappa shape index (κ2) is 6.56. The number of hydrogen-bond acceptors (Lipinski definition) is 4. The standard InChI is InChI=1S/C18H16N6O/c25-18(21-15-7-6-14-8-9-19-16(14)11-15)17(24-12-20-22-23-24)10-13-4-2-1-3-5-13/h1-9,11-12,17,19H,10H2,(H,21,25)/t17-/m0/s1. The van der Waals surface area contributed by atoms with E-state index in [-0.39, 0.29) is 5.91 Å². The van der Waals surface area contributed by atoms with Crippen molar-refractivity contribution in [3.63, 3.8) is 0 Å². The van der Waals surface area contributed by atoms with Gasteiger partial charge >= 0.3 is 0 Å². The van der Waals surface area contributed by atoms with Crippen molar-refractivity contribution in [3.8, 4) is 0 Å². The summed E-state index contributed by atoms with van der Waals surface area (Å²) in [6.45, 7) is 0. The van der Waals surface area contributed by atoms with Gasteiger partial charge in [-0.3, -0.25) is 4.79 Å². The number of aromatic nitrogens is 5. The van der Waals surface area contributed by atoms with Gasteiger partial charge in [0.2, 0.25) is 5.91 Å². The number of benzene rings is 2. The normalized spacial score (nSPS) is 12.2. The third-order valence-electron chi connectivity index (χ3n) is 4.08. The van der Waals surface area contributed by atoms with Gasteiger partial charge in [-0.05, 0) is 39.6 Å². The van der Waals surface area contributed by atoms with E-state index in [0.29, 0.717) is 6.42 Å². The van der Waals surface area contributed by atoms with E-state index < -0.39 is 6.04 Å². The molecular formula is C18H16N6O. The first-order chi connectivity index (χ1) is 12.3. The Morgan fingerprint density at radius 1 is 1.16 bits per heavy atom. The minimum Gasteiger partial charge on any atom is -0.361 e. The third kappa shape index (κ3) is 3.25. The van der Waals surface area contributed by atoms with Crippen LogP contribution in [0.3, 0.4) is 0 Å². The molecule has 0 bridgehead atoms. The van der Waals surface area contributed by atoms with Gasteiger partial charge in [0, 0.05) is 23.8 Å². The van der Waals surface area contributed by atoms with Crippen molar-refractivity contribution >= 4 is 22.5 Å². The Hall–Kier alpha value is -3.48. The van der Waals surface area contributed by atoms with E-state index in [4.69, 9.17) is 0 Å². The minimum atomic E-state index is -0.531. The van der Waals surface area contributed by atoms with Crippen LogP contribution in [0.15, 0.2) is 67.1 Å². The fourth-order valence-electron chi connectivity index (χ4n) is 2.81. The van der Waals surface area contributed by atoms with Crippen LogP contribution < -0.4 is 5.32 Å². The Kier molecular flexibility index (Phi) is 3.96. The maximum absolute atomic E-state index is 12.9. The fraction of sp³-hybridized carbons (Fsp3) is 0.111. The number of H-pyrrole nitrogens is 1. The van der Waals surface area contributed by atoms with Gasteiger partial charge in [0.05, 0.1) is 0 Å². The van der Waals surface area contributed by atoms with E-state index in [1.807, 2.05) is 60.8 Å². The van der Waals surface area contributed by atoms with Gasteiger partial charge in [-0.25, -0.2) is 4.68 Å². The maximum Gasteiger partial charge on any atom is 0.249 e. The number of carbonyl (C=O) groups is 1. The van der Waals surface area contributed by atoms with Crippen LogP contribution in [0.2, 0.25) is 0 Å². The van der Waals surface area contributed by atoms with E-state index in [1.54, 1.807) is 0 Å². The molecule has 7 heteroatoms. The predicted octanol–water partition coefficient (Wildman–Crippen LogP) is 2.58. The number of amides is 1. The molecular weight excluding hydrogens is 316 g/mol. The Morgan fingerprint density at radius 3 is 2.84 bits per heavy atom. The quantitative estimate of drug-likeness (QED) is 0.588. The second-order valence-electron chi connectivity index (χ2n) is 5.76. The first kappa shape index (κ1) is 15.1. The van der Waals surface area contributed by atoms with E-state index in [0.717, 1.165) is 22.2 Å². The molecule has 124 valence electrons. The van der Waals surface area contributed by atoms with Crippen molar-refractivity contribution in [2.45, 2.75) is 12.5 Å². The van der Waals surface area contributed by atoms with Crippen LogP contribution in [0.4, 0.5) is 5.69 Å². The maximum atomic E-state index is 12.9. The molecule has 1 atom stereocenters. The molecule has 0 saturated heterocycles. The van der Waals surface area contributed by atoms with Crippen molar-refractivity contribution in [2.75, 3.05) is 5.32 Å². The number of aromatic amines is 1. The number of rotatable bonds is 5. The van der Waals surface area contributed by atoms with Crippen molar-refractivity contribution in [3.05, 3.63) is 72.7 Å². The lowest BCUT2D eigenvalue weighted by atomic mass is 10.1. The molecule has 0 radical (unpaired) electrons. The highest BCUT2D eigenvalue weighted by Gasteiger charge is 2.22. The lowest BCUT2D eigenvalue weighted by molar-refractivity contribution is -0.119. The highest BCUT2D eigenvalue weighted by Crippen LogP contribution is 2.20. The molecule has 2 aromatic heterocycles. The number of carbonyl (C=O) groups excluding carboxylic acids is 1. The number of nitrogens with one attached hydrogen (secondary N) is 2. The molecule has 7 nitrogen and oxygen atoms in total. The first-order valence-corrected chi connectivity index (χ1v) is 7.94. The Bertz CT molecular complexity index is 977. The molecule has 0 aliphatic heterocycles. The van der Waals surface area contributed by atoms with Gasteiger partial charge in [0.25, 0.3) is 0 Å². The van der Waals surface area contributed by atoms with Crippen LogP contribution >= 0.6 is 0 Å². The van der Waals surface area contributed by atoms with Crippen LogP contribution in [0.1, 0.15) is 11.6 Å². The molecule has 2 aromatic carbocycles. The molecule has 0 aliphatic carbocycles. The molecule has 4 aromatic rings. The SMILES string of the molecule is O=C(Nc1ccc2cc[nH]c2c1)[C@H](Cc1ccccc1)n1cnnn1. The zero-order chi connectivity index (χ0) is 17.1. The average molecular weight is 332 g/mol. The Balaban J connectivity index is 1.58. The lowest BCUT2D eigenvalue weighted by Gasteiger charge is -2.16. The monoisotopic (exact) mass is 332 g/mol. The second-order valence-corrected chi connectivity index (χ2v) is 5.76. The minimum absolute atomic E-state index is 0.165. The summed E-state index contributed by atoms with van der Waals surface area (Å²) in [5, 5.41) is 15.3. The van der Waals surface area contributed by atoms with Crippen molar-refractivity contribution < 1.29 is 4.79 Å². The topological polar surface area (TPSA) is 88.5 Å². The number of nitrogens with zero attached hydrogens (tertiary/aromatic N) is 4. The van der Waals surface area contributed by atoms with Crippen LogP contribution in [-0.2, 0) is 11.2 Å². The summed E-state index contributed by atoms with van der Waals surface area (Å²) in [5.74, 6) is -0.165. The summed E-state index contributed by atoms with van der Waals surface area (Å²) in [6.07, 6.45) is 3.83. The molecule has 4 rings (SSSR count). The smallest absolute Gasteiger partial charge is 0.249 e. The number of anilines is 1. The lowest BCUT2D eigenvalue weighted by Crippen LogP contribution is -2.28. The summed E-state index contributed by atoms with van der Waals surface area (Å²) in [4.78, 5) is 16.0. The highest BCUT2D eigenvalue weighted by molar-refractivity contribution is 5.96. The summed E-state index contributed by atoms with van der Waals surface area (Å²) < 4.78 is 1.48. The summed E-state index contributed by atoms with van der Waals surface area (Å²) in [7, 11) is 0. The average Bonchev–Trinajstić information content (AvgIpc) is 3.31. The van der Waals surface area contributed by atoms with Gasteiger partial charge in [-0.2, -0.15) is 0 Å². The molecule has 1 amide bonds. The Morgan fingerprint density at radius 2 is 2.04 bits per heavy atom. The van der Waals surface area contributed by atoms with E-state index in [2.05, 4.69) is 25.8 Å². The van der Waals surface area contributed by atoms with E-state index in [9.17, 15) is 4.79 Å². The molecule has 0 unspecified atom stereocenters. The number of fused-ring (bicyclic) bond motifs is 1. The Labute approximate surface area is 143 Å². The van der Waals surface area contributed by atoms with Gasteiger partial charge in [0.1, 0.15) is 12.4 Å². The summed E-state index contributed by atoms with van der Waals surface area (Å²) in [6, 6.07) is 17.0. The molecule has 25 heavy (non-hydrogen) atoms. The van der Waals surface area contributed by atoms with Gasteiger partial charge < -0.3 is 10.3 Å². The molecule has 0 fully saturated rings. The van der Waals surface area contributed by atoms with Gasteiger partial charge in [-0.1, -0.05) is 36.4 Å². The number of hydrogen-bond donors (Lipinski definition) is 2. The summed E-state index contributed by atoms with van der Waals surface area (Å²) in [5.41, 5.74) is 2.74. The summed E-state index contributed by atoms with van der Waals surface area (Å²) >= 11 is 0. The van der Waals surface area contributed by atoms with Gasteiger partial charge in [0.15, 0.2) is 0 Å². The molecule has 0 saturated carbocycles. The van der Waals surface area contributed by atoms with Crippen molar-refractivity contribution in [1.29, 1.82) is 0 Å². The van der Waals surface area contributed by atoms with Crippen molar-refractivity contribution in [2.24, 2.45) is 0 Å². The van der Waals surface area contributed by atoms with E-state index in [1.165, 1.54) is 11.0 Å². The van der Waals surface area contributed by atoms with Crippen molar-refractivity contribution in [1.82, 2.24) is 25.2 Å². The van der Waals surface area contributed by atoms with Crippen LogP contribution in [0, 0.1) is 0 Å². The molecule has 0 aliphatic rings. The van der Waals surface area contributed by atoms with Gasteiger partial charge in [-0.15, -0.1) is 5.10 Å². The number of tetrazole rings is 1. The van der Waals surface area contributed by atoms with Crippen LogP contribution in [0.5, 0.6) is 0 Å². The van der Waals surface area contributed by atoms with E-state index >= 15 is 0 Å². The first-order valence-electron chi connectivity index (χ1n) is 7.94. The van der Waals surface area contributed by atoms with Crippen LogP contribution in [0.25, 0.3) is 10.9 Å². The largest absolute Gasteiger partial charge is 0.361 e. The molecule has 2 heterocycles.